The van der Waals surface area contributed by atoms with Crippen molar-refractivity contribution in [1.82, 2.24) is 5.32 Å². The Morgan fingerprint density at radius 2 is 2.14 bits per heavy atom. The normalized spacial score (nSPS) is 13.7. The number of aromatic carboxylic acids is 1. The summed E-state index contributed by atoms with van der Waals surface area (Å²) in [5.74, 6) is -1.03. The van der Waals surface area contributed by atoms with Gasteiger partial charge in [-0.15, -0.1) is 0 Å². The lowest BCUT2D eigenvalue weighted by atomic mass is 10.2. The molecule has 1 aromatic rings. The molecule has 0 saturated heterocycles. The van der Waals surface area contributed by atoms with Crippen LogP contribution in [0.2, 0.25) is 0 Å². The average Bonchev–Trinajstić information content (AvgIpc) is 2.94. The van der Waals surface area contributed by atoms with Crippen LogP contribution >= 0.6 is 15.9 Å². The van der Waals surface area contributed by atoms with E-state index in [9.17, 15) is 9.59 Å². The number of carbonyl (C=O) groups excluding carboxylic acids is 1. The first kappa shape index (κ1) is 15.6. The van der Waals surface area contributed by atoms with Crippen LogP contribution in [0.1, 0.15) is 36.0 Å². The second kappa shape index (κ2) is 7.26. The zero-order chi connectivity index (χ0) is 15.2. The number of halogens is 1. The predicted octanol–water partition coefficient (Wildman–Crippen LogP) is 3.77. The molecule has 2 rings (SSSR count). The Bertz CT molecular complexity index is 584. The molecule has 112 valence electrons. The molecule has 0 radical (unpaired) electrons. The monoisotopic (exact) mass is 352 g/mol. The molecule has 0 saturated carbocycles. The maximum atomic E-state index is 11.8. The second-order valence-corrected chi connectivity index (χ2v) is 5.74. The molecule has 0 spiro atoms. The highest BCUT2D eigenvalue weighted by atomic mass is 79.9. The maximum absolute atomic E-state index is 11.8. The highest BCUT2D eigenvalue weighted by molar-refractivity contribution is 9.10. The molecule has 1 aliphatic rings. The quantitative estimate of drug-likeness (QED) is 0.705. The SMILES string of the molecule is O=C(NCCC1=CCCC1)Nc1cc(C(=O)O)ccc1Br. The molecule has 2 amide bonds. The van der Waals surface area contributed by atoms with Crippen molar-refractivity contribution in [3.8, 4) is 0 Å². The van der Waals surface area contributed by atoms with Crippen LogP contribution in [0.5, 0.6) is 0 Å². The van der Waals surface area contributed by atoms with Gasteiger partial charge < -0.3 is 15.7 Å². The van der Waals surface area contributed by atoms with Gasteiger partial charge in [0.25, 0.3) is 0 Å². The topological polar surface area (TPSA) is 78.4 Å². The predicted molar refractivity (Wildman–Crippen MR) is 84.7 cm³/mol. The molecule has 0 atom stereocenters. The molecule has 1 aromatic carbocycles. The van der Waals surface area contributed by atoms with E-state index in [1.54, 1.807) is 6.07 Å². The molecule has 21 heavy (non-hydrogen) atoms. The lowest BCUT2D eigenvalue weighted by Crippen LogP contribution is -2.29. The summed E-state index contributed by atoms with van der Waals surface area (Å²) in [5.41, 5.74) is 1.96. The number of hydrogen-bond donors (Lipinski definition) is 3. The number of allylic oxidation sites excluding steroid dienone is 1. The number of rotatable bonds is 5. The van der Waals surface area contributed by atoms with Crippen molar-refractivity contribution < 1.29 is 14.7 Å². The molecule has 0 aliphatic heterocycles. The average molecular weight is 353 g/mol. The van der Waals surface area contributed by atoms with E-state index in [2.05, 4.69) is 32.6 Å². The molecular formula is C15H17BrN2O3. The zero-order valence-corrected chi connectivity index (χ0v) is 13.1. The summed E-state index contributed by atoms with van der Waals surface area (Å²) in [6, 6.07) is 4.16. The van der Waals surface area contributed by atoms with Crippen LogP contribution in [0.25, 0.3) is 0 Å². The van der Waals surface area contributed by atoms with Gasteiger partial charge in [-0.05, 0) is 59.8 Å². The van der Waals surface area contributed by atoms with Crippen LogP contribution in [-0.2, 0) is 0 Å². The third-order valence-electron chi connectivity index (χ3n) is 3.33. The van der Waals surface area contributed by atoms with E-state index in [4.69, 9.17) is 5.11 Å². The first-order chi connectivity index (χ1) is 10.1. The Kier molecular flexibility index (Phi) is 5.38. The van der Waals surface area contributed by atoms with Gasteiger partial charge >= 0.3 is 12.0 Å². The van der Waals surface area contributed by atoms with Gasteiger partial charge in [-0.25, -0.2) is 9.59 Å². The van der Waals surface area contributed by atoms with E-state index >= 15 is 0 Å². The van der Waals surface area contributed by atoms with E-state index in [0.717, 1.165) is 19.3 Å². The zero-order valence-electron chi connectivity index (χ0n) is 11.5. The van der Waals surface area contributed by atoms with Crippen LogP contribution in [0, 0.1) is 0 Å². The number of hydrogen-bond acceptors (Lipinski definition) is 2. The van der Waals surface area contributed by atoms with E-state index < -0.39 is 5.97 Å². The molecular weight excluding hydrogens is 336 g/mol. The van der Waals surface area contributed by atoms with E-state index in [-0.39, 0.29) is 11.6 Å². The van der Waals surface area contributed by atoms with Gasteiger partial charge in [0.05, 0.1) is 11.3 Å². The number of anilines is 1. The minimum absolute atomic E-state index is 0.129. The van der Waals surface area contributed by atoms with Crippen molar-refractivity contribution in [1.29, 1.82) is 0 Å². The van der Waals surface area contributed by atoms with Crippen molar-refractivity contribution in [3.05, 3.63) is 39.9 Å². The highest BCUT2D eigenvalue weighted by Crippen LogP contribution is 2.24. The number of urea groups is 1. The summed E-state index contributed by atoms with van der Waals surface area (Å²) < 4.78 is 0.640. The van der Waals surface area contributed by atoms with Gasteiger partial charge in [-0.2, -0.15) is 0 Å². The smallest absolute Gasteiger partial charge is 0.335 e. The van der Waals surface area contributed by atoms with Crippen molar-refractivity contribution in [2.75, 3.05) is 11.9 Å². The van der Waals surface area contributed by atoms with Crippen LogP contribution < -0.4 is 10.6 Å². The third-order valence-corrected chi connectivity index (χ3v) is 4.02. The van der Waals surface area contributed by atoms with Crippen molar-refractivity contribution in [3.63, 3.8) is 0 Å². The second-order valence-electron chi connectivity index (χ2n) is 4.89. The van der Waals surface area contributed by atoms with Crippen LogP contribution in [0.4, 0.5) is 10.5 Å². The van der Waals surface area contributed by atoms with E-state index in [1.165, 1.54) is 24.1 Å². The first-order valence-corrected chi connectivity index (χ1v) is 7.61. The summed E-state index contributed by atoms with van der Waals surface area (Å²) in [6.45, 7) is 0.577. The Morgan fingerprint density at radius 1 is 1.33 bits per heavy atom. The minimum Gasteiger partial charge on any atom is -0.478 e. The number of carbonyl (C=O) groups is 2. The summed E-state index contributed by atoms with van der Waals surface area (Å²) in [5, 5.41) is 14.4. The largest absolute Gasteiger partial charge is 0.478 e. The summed E-state index contributed by atoms with van der Waals surface area (Å²) in [7, 11) is 0. The van der Waals surface area contributed by atoms with Crippen LogP contribution in [-0.4, -0.2) is 23.7 Å². The summed E-state index contributed by atoms with van der Waals surface area (Å²) >= 11 is 3.29. The molecule has 6 heteroatoms. The lowest BCUT2D eigenvalue weighted by Gasteiger charge is -2.10. The van der Waals surface area contributed by atoms with Crippen LogP contribution in [0.3, 0.4) is 0 Å². The Balaban J connectivity index is 1.86. The third kappa shape index (κ3) is 4.60. The highest BCUT2D eigenvalue weighted by Gasteiger charge is 2.10. The van der Waals surface area contributed by atoms with E-state index in [0.29, 0.717) is 16.7 Å². The van der Waals surface area contributed by atoms with E-state index in [1.807, 2.05) is 0 Å². The lowest BCUT2D eigenvalue weighted by molar-refractivity contribution is 0.0697. The standard InChI is InChI=1S/C15H17BrN2O3/c16-12-6-5-11(14(19)20)9-13(12)18-15(21)17-8-7-10-3-1-2-4-10/h3,5-6,9H,1-2,4,7-8H2,(H,19,20)(H2,17,18,21). The maximum Gasteiger partial charge on any atom is 0.335 e. The number of carboxylic acid groups (broad SMARTS) is 1. The molecule has 0 aromatic heterocycles. The Labute approximate surface area is 131 Å². The molecule has 0 bridgehead atoms. The van der Waals surface area contributed by atoms with Gasteiger partial charge in [0.15, 0.2) is 0 Å². The van der Waals surface area contributed by atoms with Gasteiger partial charge in [0, 0.05) is 11.0 Å². The van der Waals surface area contributed by atoms with Gasteiger partial charge in [-0.3, -0.25) is 0 Å². The number of amides is 2. The number of nitrogens with one attached hydrogen (secondary N) is 2. The fraction of sp³-hybridized carbons (Fsp3) is 0.333. The molecule has 3 N–H and O–H groups in total. The minimum atomic E-state index is -1.03. The molecule has 0 unspecified atom stereocenters. The number of benzene rings is 1. The van der Waals surface area contributed by atoms with Crippen molar-refractivity contribution in [2.24, 2.45) is 0 Å². The van der Waals surface area contributed by atoms with Gasteiger partial charge in [0.1, 0.15) is 0 Å². The Hall–Kier alpha value is -1.82. The van der Waals surface area contributed by atoms with Gasteiger partial charge in [-0.1, -0.05) is 11.6 Å². The fourth-order valence-corrected chi connectivity index (χ4v) is 2.57. The molecule has 0 fully saturated rings. The fourth-order valence-electron chi connectivity index (χ4n) is 2.22. The summed E-state index contributed by atoms with van der Waals surface area (Å²) in [4.78, 5) is 22.7. The number of carboxylic acids is 1. The Morgan fingerprint density at radius 3 is 2.81 bits per heavy atom. The summed E-state index contributed by atoms with van der Waals surface area (Å²) in [6.07, 6.45) is 6.55. The van der Waals surface area contributed by atoms with Crippen LogP contribution in [0.15, 0.2) is 34.3 Å². The van der Waals surface area contributed by atoms with Crippen molar-refractivity contribution >= 4 is 33.6 Å². The first-order valence-electron chi connectivity index (χ1n) is 6.82. The van der Waals surface area contributed by atoms with Gasteiger partial charge in [0.2, 0.25) is 0 Å². The molecule has 0 heterocycles. The molecule has 1 aliphatic carbocycles. The van der Waals surface area contributed by atoms with Crippen molar-refractivity contribution in [2.45, 2.75) is 25.7 Å². The molecule has 5 nitrogen and oxygen atoms in total.